The van der Waals surface area contributed by atoms with Crippen LogP contribution >= 0.6 is 0 Å². The molecule has 1 saturated carbocycles. The second-order valence-corrected chi connectivity index (χ2v) is 6.03. The summed E-state index contributed by atoms with van der Waals surface area (Å²) in [4.78, 5) is 40.2. The van der Waals surface area contributed by atoms with Gasteiger partial charge in [0.05, 0.1) is 5.92 Å². The number of urea groups is 1. The molecule has 0 aromatic carbocycles. The van der Waals surface area contributed by atoms with E-state index in [9.17, 15) is 14.4 Å². The highest BCUT2D eigenvalue weighted by Crippen LogP contribution is 2.32. The summed E-state index contributed by atoms with van der Waals surface area (Å²) in [5.74, 6) is -1.29. The van der Waals surface area contributed by atoms with E-state index < -0.39 is 5.97 Å². The van der Waals surface area contributed by atoms with Crippen molar-refractivity contribution in [3.63, 3.8) is 0 Å². The zero-order valence-corrected chi connectivity index (χ0v) is 12.6. The molecule has 1 aliphatic heterocycles. The molecule has 1 N–H and O–H groups in total. The first-order valence-corrected chi connectivity index (χ1v) is 7.38. The Bertz CT molecular complexity index is 430. The lowest BCUT2D eigenvalue weighted by molar-refractivity contribution is -0.141. The number of carbonyl (C=O) groups excluding carboxylic acids is 2. The van der Waals surface area contributed by atoms with Gasteiger partial charge in [-0.2, -0.15) is 0 Å². The highest BCUT2D eigenvalue weighted by atomic mass is 16.4. The maximum Gasteiger partial charge on any atom is 0.319 e. The molecule has 0 spiro atoms. The van der Waals surface area contributed by atoms with Crippen LogP contribution in [-0.4, -0.2) is 78.0 Å². The van der Waals surface area contributed by atoms with Gasteiger partial charge in [-0.1, -0.05) is 0 Å². The first-order chi connectivity index (χ1) is 9.90. The smallest absolute Gasteiger partial charge is 0.319 e. The topological polar surface area (TPSA) is 81.2 Å². The molecule has 1 heterocycles. The van der Waals surface area contributed by atoms with Gasteiger partial charge in [-0.25, -0.2) is 4.79 Å². The Hall–Kier alpha value is -1.79. The minimum atomic E-state index is -0.799. The Kier molecular flexibility index (Phi) is 4.69. The number of rotatable bonds is 2. The maximum absolute atomic E-state index is 12.4. The molecule has 0 aromatic heterocycles. The number of amides is 3. The first kappa shape index (κ1) is 15.6. The number of carbonyl (C=O) groups is 3. The maximum atomic E-state index is 12.4. The standard InChI is InChI=1S/C14H23N3O4/c1-15(2)14(21)17-7-5-16(6-8-17)12(18)10-3-4-11(9-10)13(19)20/h10-11H,3-9H2,1-2H3,(H,19,20). The second kappa shape index (κ2) is 6.32. The van der Waals surface area contributed by atoms with Crippen LogP contribution in [0.1, 0.15) is 19.3 Å². The van der Waals surface area contributed by atoms with E-state index in [0.29, 0.717) is 45.4 Å². The molecule has 0 aromatic rings. The quantitative estimate of drug-likeness (QED) is 0.795. The number of carboxylic acid groups (broad SMARTS) is 1. The molecule has 1 aliphatic carbocycles. The second-order valence-electron chi connectivity index (χ2n) is 6.03. The van der Waals surface area contributed by atoms with Gasteiger partial charge in [-0.15, -0.1) is 0 Å². The van der Waals surface area contributed by atoms with Gasteiger partial charge in [0.25, 0.3) is 0 Å². The molecule has 118 valence electrons. The summed E-state index contributed by atoms with van der Waals surface area (Å²) in [7, 11) is 3.43. The molecule has 3 amide bonds. The zero-order valence-electron chi connectivity index (χ0n) is 12.6. The van der Waals surface area contributed by atoms with E-state index in [4.69, 9.17) is 5.11 Å². The zero-order chi connectivity index (χ0) is 15.6. The van der Waals surface area contributed by atoms with E-state index in [2.05, 4.69) is 0 Å². The Morgan fingerprint density at radius 3 is 1.95 bits per heavy atom. The molecule has 0 bridgehead atoms. The van der Waals surface area contributed by atoms with Crippen molar-refractivity contribution >= 4 is 17.9 Å². The summed E-state index contributed by atoms with van der Waals surface area (Å²) in [6.45, 7) is 2.15. The SMILES string of the molecule is CN(C)C(=O)N1CCN(C(=O)C2CCC(C(=O)O)C2)CC1. The van der Waals surface area contributed by atoms with Crippen LogP contribution in [0.4, 0.5) is 4.79 Å². The lowest BCUT2D eigenvalue weighted by Gasteiger charge is -2.37. The summed E-state index contributed by atoms with van der Waals surface area (Å²) in [6, 6.07) is -0.0334. The minimum Gasteiger partial charge on any atom is -0.481 e. The molecule has 21 heavy (non-hydrogen) atoms. The molecule has 2 aliphatic rings. The number of carboxylic acids is 1. The molecule has 2 rings (SSSR count). The van der Waals surface area contributed by atoms with E-state index in [1.54, 1.807) is 23.9 Å². The predicted molar refractivity (Wildman–Crippen MR) is 75.7 cm³/mol. The van der Waals surface area contributed by atoms with Gasteiger partial charge in [-0.3, -0.25) is 9.59 Å². The van der Waals surface area contributed by atoms with Gasteiger partial charge in [0.2, 0.25) is 5.91 Å². The molecule has 2 fully saturated rings. The Balaban J connectivity index is 1.84. The van der Waals surface area contributed by atoms with Crippen molar-refractivity contribution in [3.05, 3.63) is 0 Å². The van der Waals surface area contributed by atoms with Crippen molar-refractivity contribution in [3.8, 4) is 0 Å². The van der Waals surface area contributed by atoms with Crippen LogP contribution in [0, 0.1) is 11.8 Å². The van der Waals surface area contributed by atoms with E-state index in [1.165, 1.54) is 4.90 Å². The lowest BCUT2D eigenvalue weighted by atomic mass is 10.0. The summed E-state index contributed by atoms with van der Waals surface area (Å²) in [5.41, 5.74) is 0. The Morgan fingerprint density at radius 2 is 1.48 bits per heavy atom. The fraction of sp³-hybridized carbons (Fsp3) is 0.786. The fourth-order valence-corrected chi connectivity index (χ4v) is 3.09. The molecule has 7 heteroatoms. The third-order valence-corrected chi connectivity index (χ3v) is 4.38. The van der Waals surface area contributed by atoms with Crippen molar-refractivity contribution in [1.82, 2.24) is 14.7 Å². The predicted octanol–water partition coefficient (Wildman–Crippen LogP) is 0.313. The average Bonchev–Trinajstić information content (AvgIpc) is 2.96. The van der Waals surface area contributed by atoms with E-state index in [0.717, 1.165) is 0 Å². The third-order valence-electron chi connectivity index (χ3n) is 4.38. The fourth-order valence-electron chi connectivity index (χ4n) is 3.09. The molecule has 1 saturated heterocycles. The highest BCUT2D eigenvalue weighted by Gasteiger charge is 2.37. The highest BCUT2D eigenvalue weighted by molar-refractivity contribution is 5.81. The number of aliphatic carboxylic acids is 1. The molecule has 7 nitrogen and oxygen atoms in total. The van der Waals surface area contributed by atoms with Gasteiger partial charge in [0.1, 0.15) is 0 Å². The first-order valence-electron chi connectivity index (χ1n) is 7.38. The Morgan fingerprint density at radius 1 is 0.952 bits per heavy atom. The summed E-state index contributed by atoms with van der Waals surface area (Å²) < 4.78 is 0. The molecular weight excluding hydrogens is 274 g/mol. The van der Waals surface area contributed by atoms with Crippen LogP contribution in [0.25, 0.3) is 0 Å². The molecule has 2 atom stereocenters. The number of hydrogen-bond donors (Lipinski definition) is 1. The van der Waals surface area contributed by atoms with Crippen LogP contribution < -0.4 is 0 Å². The van der Waals surface area contributed by atoms with E-state index >= 15 is 0 Å². The van der Waals surface area contributed by atoms with Crippen LogP contribution in [-0.2, 0) is 9.59 Å². The van der Waals surface area contributed by atoms with Crippen LogP contribution in [0.2, 0.25) is 0 Å². The minimum absolute atomic E-state index is 0.0334. The molecular formula is C14H23N3O4. The van der Waals surface area contributed by atoms with Crippen LogP contribution in [0.3, 0.4) is 0 Å². The van der Waals surface area contributed by atoms with Crippen LogP contribution in [0.15, 0.2) is 0 Å². The van der Waals surface area contributed by atoms with Gasteiger partial charge in [-0.05, 0) is 19.3 Å². The average molecular weight is 297 g/mol. The summed E-state index contributed by atoms with van der Waals surface area (Å²) in [6.07, 6.45) is 1.70. The van der Waals surface area contributed by atoms with Crippen molar-refractivity contribution in [2.75, 3.05) is 40.3 Å². The van der Waals surface area contributed by atoms with Gasteiger partial charge in [0, 0.05) is 46.2 Å². The normalized spacial score (nSPS) is 25.8. The van der Waals surface area contributed by atoms with Crippen molar-refractivity contribution in [2.45, 2.75) is 19.3 Å². The number of piperazine rings is 1. The largest absolute Gasteiger partial charge is 0.481 e. The van der Waals surface area contributed by atoms with Crippen molar-refractivity contribution < 1.29 is 19.5 Å². The lowest BCUT2D eigenvalue weighted by Crippen LogP contribution is -2.53. The van der Waals surface area contributed by atoms with E-state index in [1.807, 2.05) is 0 Å². The summed E-state index contributed by atoms with van der Waals surface area (Å²) >= 11 is 0. The summed E-state index contributed by atoms with van der Waals surface area (Å²) in [5, 5.41) is 9.00. The van der Waals surface area contributed by atoms with E-state index in [-0.39, 0.29) is 23.8 Å². The van der Waals surface area contributed by atoms with Gasteiger partial charge < -0.3 is 19.8 Å². The van der Waals surface area contributed by atoms with Crippen molar-refractivity contribution in [2.24, 2.45) is 11.8 Å². The van der Waals surface area contributed by atoms with Crippen LogP contribution in [0.5, 0.6) is 0 Å². The molecule has 0 radical (unpaired) electrons. The monoisotopic (exact) mass is 297 g/mol. The number of nitrogens with zero attached hydrogens (tertiary/aromatic N) is 3. The van der Waals surface area contributed by atoms with Gasteiger partial charge >= 0.3 is 12.0 Å². The van der Waals surface area contributed by atoms with Crippen molar-refractivity contribution in [1.29, 1.82) is 0 Å². The van der Waals surface area contributed by atoms with Gasteiger partial charge in [0.15, 0.2) is 0 Å². The molecule has 2 unspecified atom stereocenters. The third kappa shape index (κ3) is 3.46. The number of hydrogen-bond acceptors (Lipinski definition) is 3. The Labute approximate surface area is 124 Å².